The zero-order valence-corrected chi connectivity index (χ0v) is 12.2. The highest BCUT2D eigenvalue weighted by atomic mass is 35.5. The van der Waals surface area contributed by atoms with E-state index in [0.717, 1.165) is 16.1 Å². The molecule has 1 aromatic rings. The fraction of sp³-hybridized carbons (Fsp3) is 0.571. The number of halogens is 1. The summed E-state index contributed by atoms with van der Waals surface area (Å²) in [6, 6.07) is 1.92. The van der Waals surface area contributed by atoms with Crippen molar-refractivity contribution in [3.63, 3.8) is 0 Å². The van der Waals surface area contributed by atoms with Gasteiger partial charge in [-0.3, -0.25) is 0 Å². The van der Waals surface area contributed by atoms with Gasteiger partial charge in [-0.15, -0.1) is 0 Å². The van der Waals surface area contributed by atoms with Gasteiger partial charge in [0.15, 0.2) is 11.5 Å². The first-order valence-corrected chi connectivity index (χ1v) is 6.48. The Labute approximate surface area is 114 Å². The minimum atomic E-state index is 0.133. The zero-order chi connectivity index (χ0) is 13.7. The molecule has 0 atom stereocenters. The molecule has 0 spiro atoms. The molecule has 0 aromatic heterocycles. The van der Waals surface area contributed by atoms with Crippen LogP contribution in [-0.4, -0.2) is 25.9 Å². The second-order valence-corrected chi connectivity index (χ2v) is 4.85. The maximum absolute atomic E-state index is 8.97. The molecule has 0 unspecified atom stereocenters. The molecule has 0 radical (unpaired) electrons. The first-order valence-electron chi connectivity index (χ1n) is 6.10. The van der Waals surface area contributed by atoms with Crippen LogP contribution in [-0.2, 0) is 6.42 Å². The molecule has 1 aromatic carbocycles. The van der Waals surface area contributed by atoms with Crippen LogP contribution in [0.2, 0.25) is 5.02 Å². The van der Waals surface area contributed by atoms with Crippen LogP contribution in [0.15, 0.2) is 6.07 Å². The van der Waals surface area contributed by atoms with Crippen LogP contribution in [0.1, 0.15) is 37.3 Å². The Hall–Kier alpha value is -0.930. The number of aliphatic hydroxyl groups is 1. The van der Waals surface area contributed by atoms with E-state index in [2.05, 4.69) is 13.8 Å². The second-order valence-electron chi connectivity index (χ2n) is 4.48. The van der Waals surface area contributed by atoms with E-state index >= 15 is 0 Å². The molecule has 0 aliphatic heterocycles. The fourth-order valence-electron chi connectivity index (χ4n) is 1.97. The van der Waals surface area contributed by atoms with E-state index in [1.807, 2.05) is 6.07 Å². The van der Waals surface area contributed by atoms with Crippen LogP contribution in [0, 0.1) is 0 Å². The van der Waals surface area contributed by atoms with Crippen LogP contribution in [0.4, 0.5) is 0 Å². The van der Waals surface area contributed by atoms with Gasteiger partial charge in [-0.05, 0) is 30.4 Å². The SMILES string of the molecule is COc1cc(C(C)C)c(Cl)c(CCCO)c1OC. The molecule has 102 valence electrons. The lowest BCUT2D eigenvalue weighted by Crippen LogP contribution is -2.02. The number of rotatable bonds is 6. The fourth-order valence-corrected chi connectivity index (χ4v) is 2.42. The molecular weight excluding hydrogens is 252 g/mol. The van der Waals surface area contributed by atoms with Crippen molar-refractivity contribution in [1.82, 2.24) is 0 Å². The van der Waals surface area contributed by atoms with Crippen LogP contribution < -0.4 is 9.47 Å². The van der Waals surface area contributed by atoms with Gasteiger partial charge in [0.2, 0.25) is 0 Å². The summed E-state index contributed by atoms with van der Waals surface area (Å²) in [5, 5.41) is 9.69. The van der Waals surface area contributed by atoms with Crippen molar-refractivity contribution in [1.29, 1.82) is 0 Å². The van der Waals surface area contributed by atoms with Gasteiger partial charge >= 0.3 is 0 Å². The van der Waals surface area contributed by atoms with Crippen molar-refractivity contribution in [3.8, 4) is 11.5 Å². The minimum absolute atomic E-state index is 0.133. The largest absolute Gasteiger partial charge is 0.493 e. The van der Waals surface area contributed by atoms with Gasteiger partial charge in [-0.2, -0.15) is 0 Å². The molecular formula is C14H21ClO3. The maximum Gasteiger partial charge on any atom is 0.165 e. The monoisotopic (exact) mass is 272 g/mol. The number of benzene rings is 1. The smallest absolute Gasteiger partial charge is 0.165 e. The highest BCUT2D eigenvalue weighted by Crippen LogP contribution is 2.41. The molecule has 1 N–H and O–H groups in total. The standard InChI is InChI=1S/C14H21ClO3/c1-9(2)11-8-12(17-3)14(18-4)10(13(11)15)6-5-7-16/h8-9,16H,5-7H2,1-4H3. The van der Waals surface area contributed by atoms with Gasteiger partial charge in [0.25, 0.3) is 0 Å². The molecule has 0 bridgehead atoms. The number of aliphatic hydroxyl groups excluding tert-OH is 1. The molecule has 0 aliphatic carbocycles. The van der Waals surface area contributed by atoms with Crippen LogP contribution in [0.3, 0.4) is 0 Å². The number of methoxy groups -OCH3 is 2. The lowest BCUT2D eigenvalue weighted by atomic mass is 9.97. The Morgan fingerprint density at radius 3 is 2.39 bits per heavy atom. The van der Waals surface area contributed by atoms with Gasteiger partial charge in [0.05, 0.1) is 19.2 Å². The van der Waals surface area contributed by atoms with E-state index < -0.39 is 0 Å². The average Bonchev–Trinajstić information content (AvgIpc) is 2.36. The lowest BCUT2D eigenvalue weighted by Gasteiger charge is -2.19. The Morgan fingerprint density at radius 1 is 1.28 bits per heavy atom. The normalized spacial score (nSPS) is 10.8. The van der Waals surface area contributed by atoms with Gasteiger partial charge in [-0.25, -0.2) is 0 Å². The molecule has 0 saturated heterocycles. The van der Waals surface area contributed by atoms with Crippen molar-refractivity contribution in [2.45, 2.75) is 32.6 Å². The van der Waals surface area contributed by atoms with Crippen molar-refractivity contribution in [3.05, 3.63) is 22.2 Å². The summed E-state index contributed by atoms with van der Waals surface area (Å²) in [6.45, 7) is 4.31. The summed E-state index contributed by atoms with van der Waals surface area (Å²) in [6.07, 6.45) is 1.33. The maximum atomic E-state index is 8.97. The van der Waals surface area contributed by atoms with Crippen LogP contribution in [0.5, 0.6) is 11.5 Å². The predicted octanol–water partition coefficient (Wildman–Crippen LogP) is 3.41. The van der Waals surface area contributed by atoms with Gasteiger partial charge in [0.1, 0.15) is 0 Å². The second kappa shape index (κ2) is 6.86. The molecule has 3 nitrogen and oxygen atoms in total. The molecule has 0 heterocycles. The molecule has 0 saturated carbocycles. The Balaban J connectivity index is 3.36. The van der Waals surface area contributed by atoms with E-state index in [1.165, 1.54) is 0 Å². The van der Waals surface area contributed by atoms with E-state index in [-0.39, 0.29) is 6.61 Å². The third-order valence-electron chi connectivity index (χ3n) is 2.93. The van der Waals surface area contributed by atoms with Crippen molar-refractivity contribution >= 4 is 11.6 Å². The van der Waals surface area contributed by atoms with E-state index in [9.17, 15) is 0 Å². The Bertz CT molecular complexity index is 403. The summed E-state index contributed by atoms with van der Waals surface area (Å²) in [7, 11) is 3.22. The minimum Gasteiger partial charge on any atom is -0.493 e. The third kappa shape index (κ3) is 3.09. The first-order chi connectivity index (χ1) is 8.56. The van der Waals surface area contributed by atoms with E-state index in [4.69, 9.17) is 26.2 Å². The third-order valence-corrected chi connectivity index (χ3v) is 3.38. The molecule has 18 heavy (non-hydrogen) atoms. The molecule has 4 heteroatoms. The molecule has 1 rings (SSSR count). The van der Waals surface area contributed by atoms with Crippen LogP contribution in [0.25, 0.3) is 0 Å². The molecule has 0 fully saturated rings. The van der Waals surface area contributed by atoms with Crippen molar-refractivity contribution < 1.29 is 14.6 Å². The Kier molecular flexibility index (Phi) is 5.76. The summed E-state index contributed by atoms with van der Waals surface area (Å²) in [5.41, 5.74) is 1.96. The summed E-state index contributed by atoms with van der Waals surface area (Å²) in [4.78, 5) is 0. The first kappa shape index (κ1) is 15.1. The molecule has 0 aliphatic rings. The average molecular weight is 273 g/mol. The van der Waals surface area contributed by atoms with E-state index in [1.54, 1.807) is 14.2 Å². The molecule has 0 amide bonds. The van der Waals surface area contributed by atoms with Crippen molar-refractivity contribution in [2.75, 3.05) is 20.8 Å². The highest BCUT2D eigenvalue weighted by molar-refractivity contribution is 6.32. The number of hydrogen-bond donors (Lipinski definition) is 1. The summed E-state index contributed by atoms with van der Waals surface area (Å²) in [5.74, 6) is 1.67. The Morgan fingerprint density at radius 2 is 1.94 bits per heavy atom. The van der Waals surface area contributed by atoms with Gasteiger partial charge < -0.3 is 14.6 Å². The van der Waals surface area contributed by atoms with Crippen LogP contribution >= 0.6 is 11.6 Å². The van der Waals surface area contributed by atoms with E-state index in [0.29, 0.717) is 30.3 Å². The van der Waals surface area contributed by atoms with Gasteiger partial charge in [0, 0.05) is 12.2 Å². The highest BCUT2D eigenvalue weighted by Gasteiger charge is 2.19. The number of hydrogen-bond acceptors (Lipinski definition) is 3. The lowest BCUT2D eigenvalue weighted by molar-refractivity contribution is 0.287. The predicted molar refractivity (Wildman–Crippen MR) is 74.1 cm³/mol. The topological polar surface area (TPSA) is 38.7 Å². The quantitative estimate of drug-likeness (QED) is 0.863. The summed E-state index contributed by atoms with van der Waals surface area (Å²) < 4.78 is 10.7. The summed E-state index contributed by atoms with van der Waals surface area (Å²) >= 11 is 6.44. The number of ether oxygens (including phenoxy) is 2. The van der Waals surface area contributed by atoms with Crippen molar-refractivity contribution in [2.24, 2.45) is 0 Å². The van der Waals surface area contributed by atoms with Gasteiger partial charge in [-0.1, -0.05) is 25.4 Å². The zero-order valence-electron chi connectivity index (χ0n) is 11.4.